The summed E-state index contributed by atoms with van der Waals surface area (Å²) in [6.07, 6.45) is 0. The summed E-state index contributed by atoms with van der Waals surface area (Å²) in [5.74, 6) is 1.06. The summed E-state index contributed by atoms with van der Waals surface area (Å²) in [7, 11) is 1.76. The Morgan fingerprint density at radius 3 is 2.36 bits per heavy atom. The smallest absolute Gasteiger partial charge is 0.232 e. The van der Waals surface area contributed by atoms with E-state index in [1.165, 1.54) is 11.8 Å². The van der Waals surface area contributed by atoms with E-state index in [1.54, 1.807) is 36.2 Å². The van der Waals surface area contributed by atoms with Crippen molar-refractivity contribution >= 4 is 29.3 Å². The highest BCUT2D eigenvalue weighted by Gasteiger charge is 2.12. The largest absolute Gasteiger partial charge is 0.492 e. The normalized spacial score (nSPS) is 10.6. The number of benzene rings is 1. The summed E-state index contributed by atoms with van der Waals surface area (Å²) in [6.45, 7) is 6.84. The Hall–Kier alpha value is -1.79. The zero-order valence-corrected chi connectivity index (χ0v) is 16.4. The molecule has 0 atom stereocenters. The van der Waals surface area contributed by atoms with Crippen molar-refractivity contribution in [2.75, 3.05) is 26.0 Å². The van der Waals surface area contributed by atoms with Gasteiger partial charge in [0.15, 0.2) is 5.16 Å². The van der Waals surface area contributed by atoms with Crippen LogP contribution in [0.15, 0.2) is 29.4 Å². The average molecular weight is 380 g/mol. The molecular formula is C18H22ClN3O2S. The Kier molecular flexibility index (Phi) is 7.08. The van der Waals surface area contributed by atoms with Crippen LogP contribution in [0.5, 0.6) is 5.75 Å². The summed E-state index contributed by atoms with van der Waals surface area (Å²) in [5, 5.41) is 1.31. The molecule has 0 aliphatic carbocycles. The minimum Gasteiger partial charge on any atom is -0.492 e. The SMILES string of the molecule is Cc1nc(SCC(=O)N(C)CCOc2ccc(Cl)cc2)nc(C)c1C. The molecule has 0 saturated carbocycles. The minimum absolute atomic E-state index is 0.0178. The van der Waals surface area contributed by atoms with E-state index in [9.17, 15) is 4.79 Å². The first-order valence-electron chi connectivity index (χ1n) is 7.94. The molecule has 134 valence electrons. The van der Waals surface area contributed by atoms with Gasteiger partial charge < -0.3 is 9.64 Å². The van der Waals surface area contributed by atoms with Crippen LogP contribution >= 0.6 is 23.4 Å². The third-order valence-corrected chi connectivity index (χ3v) is 4.96. The molecule has 0 spiro atoms. The number of aromatic nitrogens is 2. The molecular weight excluding hydrogens is 358 g/mol. The summed E-state index contributed by atoms with van der Waals surface area (Å²) < 4.78 is 5.61. The van der Waals surface area contributed by atoms with E-state index in [0.717, 1.165) is 22.7 Å². The Morgan fingerprint density at radius 1 is 1.16 bits per heavy atom. The number of ether oxygens (including phenoxy) is 1. The van der Waals surface area contributed by atoms with E-state index in [-0.39, 0.29) is 5.91 Å². The van der Waals surface area contributed by atoms with Crippen molar-refractivity contribution in [1.29, 1.82) is 0 Å². The maximum atomic E-state index is 12.2. The van der Waals surface area contributed by atoms with Gasteiger partial charge in [-0.2, -0.15) is 0 Å². The molecule has 0 N–H and O–H groups in total. The summed E-state index contributed by atoms with van der Waals surface area (Å²) in [4.78, 5) is 22.7. The second-order valence-electron chi connectivity index (χ2n) is 5.71. The van der Waals surface area contributed by atoms with Crippen molar-refractivity contribution in [3.8, 4) is 5.75 Å². The van der Waals surface area contributed by atoms with Gasteiger partial charge in [-0.25, -0.2) is 9.97 Å². The molecule has 2 rings (SSSR count). The Balaban J connectivity index is 1.77. The maximum absolute atomic E-state index is 12.2. The first-order chi connectivity index (χ1) is 11.9. The van der Waals surface area contributed by atoms with Crippen LogP contribution in [-0.4, -0.2) is 46.7 Å². The zero-order valence-electron chi connectivity index (χ0n) is 14.9. The van der Waals surface area contributed by atoms with E-state index >= 15 is 0 Å². The highest BCUT2D eigenvalue weighted by Crippen LogP contribution is 2.18. The first-order valence-corrected chi connectivity index (χ1v) is 9.30. The Labute approximate surface area is 157 Å². The molecule has 5 nitrogen and oxygen atoms in total. The van der Waals surface area contributed by atoms with Crippen molar-refractivity contribution in [2.24, 2.45) is 0 Å². The molecule has 0 unspecified atom stereocenters. The lowest BCUT2D eigenvalue weighted by Crippen LogP contribution is -2.32. The molecule has 0 fully saturated rings. The van der Waals surface area contributed by atoms with E-state index < -0.39 is 0 Å². The van der Waals surface area contributed by atoms with Gasteiger partial charge in [-0.1, -0.05) is 23.4 Å². The lowest BCUT2D eigenvalue weighted by atomic mass is 10.2. The molecule has 1 heterocycles. The van der Waals surface area contributed by atoms with Crippen molar-refractivity contribution < 1.29 is 9.53 Å². The van der Waals surface area contributed by atoms with E-state index in [1.807, 2.05) is 20.8 Å². The van der Waals surface area contributed by atoms with E-state index in [4.69, 9.17) is 16.3 Å². The summed E-state index contributed by atoms with van der Waals surface area (Å²) in [6, 6.07) is 7.15. The lowest BCUT2D eigenvalue weighted by Gasteiger charge is -2.17. The number of aryl methyl sites for hydroxylation is 2. The summed E-state index contributed by atoms with van der Waals surface area (Å²) >= 11 is 7.19. The van der Waals surface area contributed by atoms with Gasteiger partial charge >= 0.3 is 0 Å². The second kappa shape index (κ2) is 9.06. The summed E-state index contributed by atoms with van der Waals surface area (Å²) in [5.41, 5.74) is 2.99. The van der Waals surface area contributed by atoms with Crippen LogP contribution in [0, 0.1) is 20.8 Å². The molecule has 1 aromatic heterocycles. The third kappa shape index (κ3) is 5.90. The standard InChI is InChI=1S/C18H22ClN3O2S/c1-12-13(2)20-18(21-14(12)3)25-11-17(23)22(4)9-10-24-16-7-5-15(19)6-8-16/h5-8H,9-11H2,1-4H3. The van der Waals surface area contributed by atoms with Crippen LogP contribution in [0.3, 0.4) is 0 Å². The van der Waals surface area contributed by atoms with Crippen LogP contribution < -0.4 is 4.74 Å². The van der Waals surface area contributed by atoms with Crippen LogP contribution in [0.25, 0.3) is 0 Å². The molecule has 7 heteroatoms. The van der Waals surface area contributed by atoms with E-state index in [0.29, 0.717) is 29.1 Å². The van der Waals surface area contributed by atoms with Crippen molar-refractivity contribution in [3.63, 3.8) is 0 Å². The lowest BCUT2D eigenvalue weighted by molar-refractivity contribution is -0.127. The van der Waals surface area contributed by atoms with Crippen molar-refractivity contribution in [2.45, 2.75) is 25.9 Å². The minimum atomic E-state index is 0.0178. The van der Waals surface area contributed by atoms with Gasteiger partial charge in [0, 0.05) is 23.5 Å². The number of likely N-dealkylation sites (N-methyl/N-ethyl adjacent to an activating group) is 1. The number of halogens is 1. The fourth-order valence-corrected chi connectivity index (χ4v) is 3.00. The number of thioether (sulfide) groups is 1. The van der Waals surface area contributed by atoms with E-state index in [2.05, 4.69) is 9.97 Å². The fraction of sp³-hybridized carbons (Fsp3) is 0.389. The van der Waals surface area contributed by atoms with Crippen LogP contribution in [0.1, 0.15) is 17.0 Å². The Bertz CT molecular complexity index is 715. The van der Waals surface area contributed by atoms with Crippen LogP contribution in [0.2, 0.25) is 5.02 Å². The highest BCUT2D eigenvalue weighted by molar-refractivity contribution is 7.99. The van der Waals surface area contributed by atoms with Gasteiger partial charge in [-0.15, -0.1) is 0 Å². The predicted octanol–water partition coefficient (Wildman–Crippen LogP) is 3.68. The second-order valence-corrected chi connectivity index (χ2v) is 7.09. The number of carbonyl (C=O) groups is 1. The molecule has 0 aliphatic heterocycles. The number of hydrogen-bond donors (Lipinski definition) is 0. The van der Waals surface area contributed by atoms with Gasteiger partial charge in [0.1, 0.15) is 12.4 Å². The highest BCUT2D eigenvalue weighted by atomic mass is 35.5. The van der Waals surface area contributed by atoms with Gasteiger partial charge in [0.05, 0.1) is 12.3 Å². The number of amides is 1. The monoisotopic (exact) mass is 379 g/mol. The number of nitrogens with zero attached hydrogens (tertiary/aromatic N) is 3. The van der Waals surface area contributed by atoms with Crippen LogP contribution in [0.4, 0.5) is 0 Å². The fourth-order valence-electron chi connectivity index (χ4n) is 2.00. The molecule has 25 heavy (non-hydrogen) atoms. The molecule has 1 amide bonds. The van der Waals surface area contributed by atoms with Crippen molar-refractivity contribution in [1.82, 2.24) is 14.9 Å². The van der Waals surface area contributed by atoms with Gasteiger partial charge in [0.2, 0.25) is 5.91 Å². The third-order valence-electron chi connectivity index (χ3n) is 3.87. The molecule has 0 bridgehead atoms. The molecule has 1 aromatic carbocycles. The number of rotatable bonds is 7. The topological polar surface area (TPSA) is 55.3 Å². The predicted molar refractivity (Wildman–Crippen MR) is 102 cm³/mol. The molecule has 0 radical (unpaired) electrons. The molecule has 0 aliphatic rings. The molecule has 0 saturated heterocycles. The zero-order chi connectivity index (χ0) is 18.4. The van der Waals surface area contributed by atoms with Crippen LogP contribution in [-0.2, 0) is 4.79 Å². The first kappa shape index (κ1) is 19.5. The van der Waals surface area contributed by atoms with Gasteiger partial charge in [-0.3, -0.25) is 4.79 Å². The van der Waals surface area contributed by atoms with Gasteiger partial charge in [0.25, 0.3) is 0 Å². The molecule has 2 aromatic rings. The Morgan fingerprint density at radius 2 is 1.76 bits per heavy atom. The number of carbonyl (C=O) groups excluding carboxylic acids is 1. The number of hydrogen-bond acceptors (Lipinski definition) is 5. The average Bonchev–Trinajstić information content (AvgIpc) is 2.59. The maximum Gasteiger partial charge on any atom is 0.232 e. The quantitative estimate of drug-likeness (QED) is 0.542. The van der Waals surface area contributed by atoms with Gasteiger partial charge in [-0.05, 0) is 50.6 Å². The van der Waals surface area contributed by atoms with Crippen molar-refractivity contribution in [3.05, 3.63) is 46.2 Å².